The fourth-order valence-corrected chi connectivity index (χ4v) is 2.95. The van der Waals surface area contributed by atoms with Gasteiger partial charge >= 0.3 is 0 Å². The van der Waals surface area contributed by atoms with E-state index >= 15 is 0 Å². The van der Waals surface area contributed by atoms with E-state index in [0.29, 0.717) is 11.7 Å². The van der Waals surface area contributed by atoms with E-state index in [-0.39, 0.29) is 6.04 Å². The number of rotatable bonds is 3. The summed E-state index contributed by atoms with van der Waals surface area (Å²) in [6.07, 6.45) is 0.949. The molecule has 0 bridgehead atoms. The first kappa shape index (κ1) is 15.9. The normalized spacial score (nSPS) is 21.6. The highest BCUT2D eigenvalue weighted by Crippen LogP contribution is 2.25. The van der Waals surface area contributed by atoms with Crippen LogP contribution < -0.4 is 5.73 Å². The van der Waals surface area contributed by atoms with Gasteiger partial charge in [-0.1, -0.05) is 13.8 Å². The molecule has 1 aliphatic heterocycles. The molecule has 1 saturated heterocycles. The maximum absolute atomic E-state index is 6.09. The van der Waals surface area contributed by atoms with Gasteiger partial charge in [0.05, 0.1) is 15.3 Å². The predicted molar refractivity (Wildman–Crippen MR) is 90.6 cm³/mol. The quantitative estimate of drug-likeness (QED) is 0.799. The van der Waals surface area contributed by atoms with Gasteiger partial charge in [-0.05, 0) is 49.0 Å². The second kappa shape index (κ2) is 6.53. The third kappa shape index (κ3) is 3.59. The lowest BCUT2D eigenvalue weighted by atomic mass is 10.1. The molecular formula is C14H24IN5. The molecule has 0 radical (unpaired) electrons. The summed E-state index contributed by atoms with van der Waals surface area (Å²) in [4.78, 5) is 14.0. The summed E-state index contributed by atoms with van der Waals surface area (Å²) < 4.78 is 1.01. The van der Waals surface area contributed by atoms with Gasteiger partial charge < -0.3 is 10.6 Å². The van der Waals surface area contributed by atoms with Crippen molar-refractivity contribution in [3.05, 3.63) is 15.1 Å². The van der Waals surface area contributed by atoms with Crippen LogP contribution in [-0.2, 0) is 6.42 Å². The fourth-order valence-electron chi connectivity index (χ4n) is 2.49. The van der Waals surface area contributed by atoms with Crippen LogP contribution in [0.4, 0.5) is 5.82 Å². The van der Waals surface area contributed by atoms with Gasteiger partial charge in [-0.25, -0.2) is 9.97 Å². The molecule has 2 rings (SSSR count). The number of aromatic nitrogens is 2. The summed E-state index contributed by atoms with van der Waals surface area (Å²) >= 11 is 2.26. The molecule has 1 aromatic rings. The Morgan fingerprint density at radius 1 is 1.30 bits per heavy atom. The van der Waals surface area contributed by atoms with Crippen LogP contribution in [0.2, 0.25) is 0 Å². The van der Waals surface area contributed by atoms with Crippen molar-refractivity contribution in [3.63, 3.8) is 0 Å². The molecule has 1 aliphatic rings. The smallest absolute Gasteiger partial charge is 0.149 e. The Kier molecular flexibility index (Phi) is 5.19. The molecule has 5 nitrogen and oxygen atoms in total. The average Bonchev–Trinajstić information content (AvgIpc) is 2.37. The maximum atomic E-state index is 6.09. The van der Waals surface area contributed by atoms with E-state index in [1.54, 1.807) is 0 Å². The Labute approximate surface area is 135 Å². The van der Waals surface area contributed by atoms with Crippen molar-refractivity contribution in [2.45, 2.75) is 26.3 Å². The number of anilines is 1. The highest BCUT2D eigenvalue weighted by Gasteiger charge is 2.27. The van der Waals surface area contributed by atoms with Gasteiger partial charge in [0.1, 0.15) is 11.6 Å². The highest BCUT2D eigenvalue weighted by molar-refractivity contribution is 14.1. The number of nitrogens with zero attached hydrogens (tertiary/aromatic N) is 4. The number of nitrogens with two attached hydrogens (primary N) is 1. The third-order valence-corrected chi connectivity index (χ3v) is 4.89. The molecule has 2 N–H and O–H groups in total. The first-order chi connectivity index (χ1) is 9.38. The van der Waals surface area contributed by atoms with Crippen molar-refractivity contribution in [1.29, 1.82) is 0 Å². The molecule has 1 unspecified atom stereocenters. The molecule has 0 spiro atoms. The SMILES string of the molecule is CC(C)Cc1nc(C2CN(C)CCN2C)nc(N)c1I. The number of piperazine rings is 1. The molecule has 1 atom stereocenters. The van der Waals surface area contributed by atoms with Gasteiger partial charge in [0.25, 0.3) is 0 Å². The van der Waals surface area contributed by atoms with E-state index in [0.717, 1.165) is 41.1 Å². The molecular weight excluding hydrogens is 365 g/mol. The van der Waals surface area contributed by atoms with Gasteiger partial charge in [-0.2, -0.15) is 0 Å². The molecule has 2 heterocycles. The lowest BCUT2D eigenvalue weighted by Gasteiger charge is -2.36. The first-order valence-electron chi connectivity index (χ1n) is 7.09. The van der Waals surface area contributed by atoms with Crippen molar-refractivity contribution >= 4 is 28.4 Å². The molecule has 1 aromatic heterocycles. The van der Waals surface area contributed by atoms with Gasteiger partial charge in [-0.15, -0.1) is 0 Å². The minimum absolute atomic E-state index is 0.235. The van der Waals surface area contributed by atoms with E-state index in [1.165, 1.54) is 0 Å². The van der Waals surface area contributed by atoms with Crippen LogP contribution in [-0.4, -0.2) is 53.5 Å². The van der Waals surface area contributed by atoms with Crippen molar-refractivity contribution in [1.82, 2.24) is 19.8 Å². The Hall–Kier alpha value is -0.470. The monoisotopic (exact) mass is 389 g/mol. The van der Waals surface area contributed by atoms with E-state index in [1.807, 2.05) is 0 Å². The lowest BCUT2D eigenvalue weighted by molar-refractivity contribution is 0.109. The van der Waals surface area contributed by atoms with Crippen molar-refractivity contribution in [3.8, 4) is 0 Å². The zero-order valence-electron chi connectivity index (χ0n) is 12.7. The van der Waals surface area contributed by atoms with Crippen molar-refractivity contribution in [2.24, 2.45) is 5.92 Å². The summed E-state index contributed by atoms with van der Waals surface area (Å²) in [5.41, 5.74) is 7.18. The van der Waals surface area contributed by atoms with Crippen LogP contribution in [0.5, 0.6) is 0 Å². The Bertz CT molecular complexity index is 477. The summed E-state index contributed by atoms with van der Waals surface area (Å²) in [5, 5.41) is 0. The largest absolute Gasteiger partial charge is 0.383 e. The number of hydrogen-bond donors (Lipinski definition) is 1. The number of likely N-dealkylation sites (N-methyl/N-ethyl adjacent to an activating group) is 2. The summed E-state index contributed by atoms with van der Waals surface area (Å²) in [7, 11) is 4.28. The van der Waals surface area contributed by atoms with Gasteiger partial charge in [0, 0.05) is 19.6 Å². The van der Waals surface area contributed by atoms with E-state index in [4.69, 9.17) is 10.7 Å². The molecule has 0 aromatic carbocycles. The van der Waals surface area contributed by atoms with Crippen molar-refractivity contribution in [2.75, 3.05) is 39.5 Å². The van der Waals surface area contributed by atoms with Gasteiger partial charge in [-0.3, -0.25) is 4.90 Å². The number of hydrogen-bond acceptors (Lipinski definition) is 5. The molecule has 0 amide bonds. The Balaban J connectivity index is 2.33. The summed E-state index contributed by atoms with van der Waals surface area (Å²) in [6, 6.07) is 0.235. The van der Waals surface area contributed by atoms with Crippen LogP contribution in [0.3, 0.4) is 0 Å². The predicted octanol–water partition coefficient (Wildman–Crippen LogP) is 1.78. The van der Waals surface area contributed by atoms with E-state index < -0.39 is 0 Å². The third-order valence-electron chi connectivity index (χ3n) is 3.71. The van der Waals surface area contributed by atoms with Crippen LogP contribution in [0, 0.1) is 9.49 Å². The van der Waals surface area contributed by atoms with Crippen LogP contribution in [0.1, 0.15) is 31.4 Å². The van der Waals surface area contributed by atoms with Crippen LogP contribution in [0.25, 0.3) is 0 Å². The fraction of sp³-hybridized carbons (Fsp3) is 0.714. The lowest BCUT2D eigenvalue weighted by Crippen LogP contribution is -2.45. The second-order valence-electron chi connectivity index (χ2n) is 6.08. The van der Waals surface area contributed by atoms with Crippen LogP contribution in [0.15, 0.2) is 0 Å². The molecule has 1 fully saturated rings. The zero-order valence-corrected chi connectivity index (χ0v) is 14.9. The first-order valence-corrected chi connectivity index (χ1v) is 8.17. The topological polar surface area (TPSA) is 58.3 Å². The van der Waals surface area contributed by atoms with Crippen molar-refractivity contribution < 1.29 is 0 Å². The Morgan fingerprint density at radius 2 is 2.00 bits per heavy atom. The number of halogens is 1. The van der Waals surface area contributed by atoms with E-state index in [9.17, 15) is 0 Å². The summed E-state index contributed by atoms with van der Waals surface area (Å²) in [5.74, 6) is 2.05. The zero-order chi connectivity index (χ0) is 14.9. The van der Waals surface area contributed by atoms with Crippen LogP contribution >= 0.6 is 22.6 Å². The van der Waals surface area contributed by atoms with E-state index in [2.05, 4.69) is 65.3 Å². The molecule has 112 valence electrons. The highest BCUT2D eigenvalue weighted by atomic mass is 127. The van der Waals surface area contributed by atoms with Gasteiger partial charge in [0.2, 0.25) is 0 Å². The molecule has 6 heteroatoms. The Morgan fingerprint density at radius 3 is 2.65 bits per heavy atom. The molecule has 0 saturated carbocycles. The average molecular weight is 389 g/mol. The minimum atomic E-state index is 0.235. The summed E-state index contributed by atoms with van der Waals surface area (Å²) in [6.45, 7) is 7.49. The number of nitrogen functional groups attached to an aromatic ring is 1. The maximum Gasteiger partial charge on any atom is 0.149 e. The van der Waals surface area contributed by atoms with Gasteiger partial charge in [0.15, 0.2) is 0 Å². The standard InChI is InChI=1S/C14H24IN5/c1-9(2)7-10-12(15)13(16)18-14(17-10)11-8-19(3)5-6-20(11)4/h9,11H,5-8H2,1-4H3,(H2,16,17,18). The molecule has 20 heavy (non-hydrogen) atoms. The molecule has 0 aliphatic carbocycles. The minimum Gasteiger partial charge on any atom is -0.383 e. The second-order valence-corrected chi connectivity index (χ2v) is 7.16.